The maximum Gasteiger partial charge on any atom is 0.420 e. The van der Waals surface area contributed by atoms with Crippen LogP contribution in [-0.4, -0.2) is 41.5 Å². The Morgan fingerprint density at radius 3 is 2.10 bits per heavy atom. The predicted molar refractivity (Wildman–Crippen MR) is 158 cm³/mol. The number of benzene rings is 1. The summed E-state index contributed by atoms with van der Waals surface area (Å²) in [5.74, 6) is 1.39. The summed E-state index contributed by atoms with van der Waals surface area (Å²) in [7, 11) is 0. The average Bonchev–Trinajstić information content (AvgIpc) is 3.62. The van der Waals surface area contributed by atoms with Crippen LogP contribution in [0, 0.1) is 27.7 Å². The summed E-state index contributed by atoms with van der Waals surface area (Å²) in [6.07, 6.45) is 8.17. The van der Waals surface area contributed by atoms with Gasteiger partial charge in [-0.1, -0.05) is 5.16 Å². The quantitative estimate of drug-likeness (QED) is 0.251. The zero-order valence-electron chi connectivity index (χ0n) is 25.0. The first kappa shape index (κ1) is 27.8. The summed E-state index contributed by atoms with van der Waals surface area (Å²) >= 11 is 0. The Bertz CT molecular complexity index is 1780. The zero-order valence-corrected chi connectivity index (χ0v) is 25.0. The number of aliphatic hydroxyl groups is 1. The summed E-state index contributed by atoms with van der Waals surface area (Å²) in [5.41, 5.74) is 4.40. The first-order valence-electron chi connectivity index (χ1n) is 14.2. The van der Waals surface area contributed by atoms with Crippen LogP contribution in [0.5, 0.6) is 0 Å². The molecule has 4 heterocycles. The van der Waals surface area contributed by atoms with E-state index in [9.17, 15) is 9.90 Å². The second-order valence-corrected chi connectivity index (χ2v) is 12.2. The molecule has 1 aliphatic carbocycles. The molecule has 0 radical (unpaired) electrons. The van der Waals surface area contributed by atoms with Crippen molar-refractivity contribution in [3.63, 3.8) is 0 Å². The molecule has 1 N–H and O–H groups in total. The molecule has 0 spiro atoms. The first-order chi connectivity index (χ1) is 19.9. The molecule has 6 rings (SSSR count). The molecule has 4 aromatic heterocycles. The molecular weight excluding hydrogens is 530 g/mol. The SMILES string of the molecule is Cc1cnccc1C(O)(c1ccncc1C)c1cc(-c2c(C)noc2C)cc2c1nc(C1CC1)n2C(=O)OC(C)(C)C. The topological polar surface area (TPSA) is 116 Å². The molecule has 0 saturated heterocycles. The largest absolute Gasteiger partial charge is 0.443 e. The van der Waals surface area contributed by atoms with Crippen LogP contribution >= 0.6 is 0 Å². The average molecular weight is 566 g/mol. The molecule has 1 fully saturated rings. The number of ether oxygens (including phenoxy) is 1. The molecule has 9 heteroatoms. The second-order valence-electron chi connectivity index (χ2n) is 12.2. The molecule has 1 aliphatic rings. The third-order valence-corrected chi connectivity index (χ3v) is 7.84. The lowest BCUT2D eigenvalue weighted by atomic mass is 9.76. The summed E-state index contributed by atoms with van der Waals surface area (Å²) in [5, 5.41) is 17.4. The fraction of sp³-hybridized carbons (Fsp3) is 0.364. The highest BCUT2D eigenvalue weighted by atomic mass is 16.6. The predicted octanol–water partition coefficient (Wildman–Crippen LogP) is 6.66. The Morgan fingerprint density at radius 2 is 1.60 bits per heavy atom. The highest BCUT2D eigenvalue weighted by Crippen LogP contribution is 2.47. The first-order valence-corrected chi connectivity index (χ1v) is 14.2. The van der Waals surface area contributed by atoms with Crippen LogP contribution in [0.4, 0.5) is 4.79 Å². The van der Waals surface area contributed by atoms with E-state index in [2.05, 4.69) is 15.1 Å². The van der Waals surface area contributed by atoms with E-state index in [1.54, 1.807) is 29.4 Å². The maximum atomic E-state index is 13.8. The van der Waals surface area contributed by atoms with E-state index in [0.717, 1.165) is 35.1 Å². The minimum absolute atomic E-state index is 0.124. The number of fused-ring (bicyclic) bond motifs is 1. The smallest absolute Gasteiger partial charge is 0.420 e. The van der Waals surface area contributed by atoms with Gasteiger partial charge in [-0.15, -0.1) is 0 Å². The molecule has 9 nitrogen and oxygen atoms in total. The van der Waals surface area contributed by atoms with Crippen molar-refractivity contribution in [3.8, 4) is 11.1 Å². The zero-order chi connectivity index (χ0) is 30.0. The molecule has 42 heavy (non-hydrogen) atoms. The van der Waals surface area contributed by atoms with E-state index >= 15 is 0 Å². The van der Waals surface area contributed by atoms with Crippen LogP contribution in [0.1, 0.15) is 84.6 Å². The standard InChI is InChI=1S/C33H35N5O4/c1-18-16-34-12-10-24(18)33(40,25-11-13-35-17-19(25)2)26-14-23(28-20(3)37-42-21(28)4)15-27-29(26)36-30(22-8-9-22)38(27)31(39)41-32(5,6)7/h10-17,22,40H,8-9H2,1-7H3. The Balaban J connectivity index is 1.77. The third-order valence-electron chi connectivity index (χ3n) is 7.84. The van der Waals surface area contributed by atoms with E-state index in [4.69, 9.17) is 14.2 Å². The van der Waals surface area contributed by atoms with Crippen molar-refractivity contribution in [2.75, 3.05) is 0 Å². The fourth-order valence-electron chi connectivity index (χ4n) is 5.82. The van der Waals surface area contributed by atoms with Gasteiger partial charge in [0.05, 0.1) is 16.7 Å². The van der Waals surface area contributed by atoms with Crippen molar-refractivity contribution in [1.82, 2.24) is 24.7 Å². The van der Waals surface area contributed by atoms with Gasteiger partial charge in [0.1, 0.15) is 22.8 Å². The molecule has 0 bridgehead atoms. The van der Waals surface area contributed by atoms with Gasteiger partial charge < -0.3 is 14.4 Å². The van der Waals surface area contributed by atoms with E-state index in [-0.39, 0.29) is 5.92 Å². The summed E-state index contributed by atoms with van der Waals surface area (Å²) in [4.78, 5) is 27.5. The normalized spacial score (nSPS) is 14.0. The minimum Gasteiger partial charge on any atom is -0.443 e. The number of nitrogens with zero attached hydrogens (tertiary/aromatic N) is 5. The minimum atomic E-state index is -1.67. The molecule has 0 unspecified atom stereocenters. The van der Waals surface area contributed by atoms with E-state index in [1.165, 1.54) is 0 Å². The maximum absolute atomic E-state index is 13.8. The molecule has 0 amide bonds. The second kappa shape index (κ2) is 9.87. The Morgan fingerprint density at radius 1 is 0.976 bits per heavy atom. The number of aromatic nitrogens is 5. The van der Waals surface area contributed by atoms with Gasteiger partial charge in [-0.2, -0.15) is 0 Å². The number of pyridine rings is 2. The number of carbonyl (C=O) groups is 1. The molecule has 1 aromatic carbocycles. The van der Waals surface area contributed by atoms with Gasteiger partial charge in [0.25, 0.3) is 0 Å². The van der Waals surface area contributed by atoms with Crippen molar-refractivity contribution in [1.29, 1.82) is 0 Å². The molecular formula is C33H35N5O4. The lowest BCUT2D eigenvalue weighted by molar-refractivity contribution is 0.0539. The lowest BCUT2D eigenvalue weighted by Crippen LogP contribution is -2.31. The molecule has 0 atom stereocenters. The highest BCUT2D eigenvalue weighted by molar-refractivity contribution is 5.94. The lowest BCUT2D eigenvalue weighted by Gasteiger charge is -2.33. The number of imidazole rings is 1. The van der Waals surface area contributed by atoms with Crippen molar-refractivity contribution < 1.29 is 19.2 Å². The molecule has 0 aliphatic heterocycles. The number of rotatable bonds is 5. The summed E-state index contributed by atoms with van der Waals surface area (Å²) in [6, 6.07) is 7.53. The van der Waals surface area contributed by atoms with Crippen LogP contribution < -0.4 is 0 Å². The van der Waals surface area contributed by atoms with Gasteiger partial charge >= 0.3 is 6.09 Å². The van der Waals surface area contributed by atoms with Crippen molar-refractivity contribution in [3.05, 3.63) is 94.1 Å². The van der Waals surface area contributed by atoms with Crippen molar-refractivity contribution in [2.45, 2.75) is 78.4 Å². The molecule has 216 valence electrons. The summed E-state index contributed by atoms with van der Waals surface area (Å²) in [6.45, 7) is 13.1. The molecule has 5 aromatic rings. The van der Waals surface area contributed by atoms with Crippen molar-refractivity contribution >= 4 is 17.1 Å². The van der Waals surface area contributed by atoms with Crippen LogP contribution in [0.15, 0.2) is 53.6 Å². The third kappa shape index (κ3) is 4.58. The van der Waals surface area contributed by atoms with Gasteiger partial charge in [-0.25, -0.2) is 14.3 Å². The highest BCUT2D eigenvalue weighted by Gasteiger charge is 2.41. The van der Waals surface area contributed by atoms with Crippen LogP contribution in [0.3, 0.4) is 0 Å². The number of hydrogen-bond donors (Lipinski definition) is 1. The monoisotopic (exact) mass is 565 g/mol. The Hall–Kier alpha value is -4.37. The Kier molecular flexibility index (Phi) is 6.53. The van der Waals surface area contributed by atoms with Crippen molar-refractivity contribution in [2.24, 2.45) is 0 Å². The number of hydrogen-bond acceptors (Lipinski definition) is 8. The fourth-order valence-corrected chi connectivity index (χ4v) is 5.82. The van der Waals surface area contributed by atoms with Crippen LogP contribution in [0.2, 0.25) is 0 Å². The van der Waals surface area contributed by atoms with Gasteiger partial charge in [0.15, 0.2) is 0 Å². The van der Waals surface area contributed by atoms with Crippen LogP contribution in [0.25, 0.3) is 22.2 Å². The van der Waals surface area contributed by atoms with Crippen LogP contribution in [-0.2, 0) is 10.3 Å². The van der Waals surface area contributed by atoms with Gasteiger partial charge in [-0.05, 0) is 113 Å². The van der Waals surface area contributed by atoms with E-state index in [1.807, 2.05) is 72.7 Å². The number of carbonyl (C=O) groups excluding carboxylic acids is 1. The van der Waals surface area contributed by atoms with Gasteiger partial charge in [0.2, 0.25) is 0 Å². The number of aryl methyl sites for hydroxylation is 4. The van der Waals surface area contributed by atoms with Gasteiger partial charge in [-0.3, -0.25) is 9.97 Å². The molecule has 1 saturated carbocycles. The van der Waals surface area contributed by atoms with E-state index in [0.29, 0.717) is 45.0 Å². The Labute approximate surface area is 244 Å². The van der Waals surface area contributed by atoms with E-state index < -0.39 is 17.3 Å². The summed E-state index contributed by atoms with van der Waals surface area (Å²) < 4.78 is 13.0. The van der Waals surface area contributed by atoms with Gasteiger partial charge in [0, 0.05) is 41.8 Å².